The molecule has 1 rings (SSSR count). The number of nitrogens with two attached hydrogens (primary N) is 1. The van der Waals surface area contributed by atoms with E-state index in [1.165, 1.54) is 13.1 Å². The normalized spacial score (nSPS) is 11.1. The second-order valence-electron chi connectivity index (χ2n) is 4.16. The maximum absolute atomic E-state index is 13.0. The molecule has 3 N–H and O–H groups in total. The Hall–Kier alpha value is -1.54. The van der Waals surface area contributed by atoms with Gasteiger partial charge in [0, 0.05) is 26.8 Å². The van der Waals surface area contributed by atoms with Gasteiger partial charge in [-0.05, 0) is 30.4 Å². The third-order valence-electron chi connectivity index (χ3n) is 2.39. The molecule has 8 heteroatoms. The Balaban J connectivity index is 3.21. The Morgan fingerprint density at radius 3 is 2.26 bits per heavy atom. The monoisotopic (exact) mass is 292 g/mol. The van der Waals surface area contributed by atoms with Gasteiger partial charge in [0.1, 0.15) is 0 Å². The summed E-state index contributed by atoms with van der Waals surface area (Å²) in [5, 5.41) is 3.52. The highest BCUT2D eigenvalue weighted by Gasteiger charge is 2.34. The molecule has 0 spiro atoms. The highest BCUT2D eigenvalue weighted by Crippen LogP contribution is 2.37. The summed E-state index contributed by atoms with van der Waals surface area (Å²) >= 11 is 4.84. The average molecular weight is 292 g/mol. The Bertz CT molecular complexity index is 471. The molecule has 0 aromatic heterocycles. The molecule has 1 aromatic rings. The summed E-state index contributed by atoms with van der Waals surface area (Å²) in [4.78, 5) is 1.59. The lowest BCUT2D eigenvalue weighted by molar-refractivity contribution is -0.136. The minimum atomic E-state index is -4.48. The van der Waals surface area contributed by atoms with Crippen LogP contribution in [0.5, 0.6) is 0 Å². The van der Waals surface area contributed by atoms with E-state index in [2.05, 4.69) is 5.32 Å². The number of halogens is 3. The minimum absolute atomic E-state index is 0.00287. The summed E-state index contributed by atoms with van der Waals surface area (Å²) in [5.74, 6) is 5.36. The van der Waals surface area contributed by atoms with Gasteiger partial charge in [0.25, 0.3) is 0 Å². The zero-order chi connectivity index (χ0) is 14.8. The van der Waals surface area contributed by atoms with Crippen molar-refractivity contribution in [1.82, 2.24) is 5.01 Å². The predicted octanol–water partition coefficient (Wildman–Crippen LogP) is 2.27. The largest absolute Gasteiger partial charge is 0.418 e. The summed E-state index contributed by atoms with van der Waals surface area (Å²) in [7, 11) is 4.78. The van der Waals surface area contributed by atoms with Crippen molar-refractivity contribution in [3.63, 3.8) is 0 Å². The minimum Gasteiger partial charge on any atom is -0.378 e. The quantitative estimate of drug-likeness (QED) is 0.497. The van der Waals surface area contributed by atoms with Gasteiger partial charge in [0.05, 0.1) is 11.3 Å². The van der Waals surface area contributed by atoms with Gasteiger partial charge in [0.15, 0.2) is 5.11 Å². The molecule has 0 atom stereocenters. The fraction of sp³-hybridized carbons (Fsp3) is 0.364. The van der Waals surface area contributed by atoms with E-state index < -0.39 is 11.7 Å². The number of rotatable bonds is 2. The van der Waals surface area contributed by atoms with Gasteiger partial charge in [-0.15, -0.1) is 0 Å². The highest BCUT2D eigenvalue weighted by atomic mass is 32.1. The third-order valence-corrected chi connectivity index (χ3v) is 2.78. The summed E-state index contributed by atoms with van der Waals surface area (Å²) in [6.45, 7) is 0. The van der Waals surface area contributed by atoms with Crippen molar-refractivity contribution in [2.75, 3.05) is 31.4 Å². The number of hydrazine groups is 1. The second kappa shape index (κ2) is 5.62. The molecular formula is C11H15F3N4S. The highest BCUT2D eigenvalue weighted by molar-refractivity contribution is 7.80. The molecule has 0 radical (unpaired) electrons. The van der Waals surface area contributed by atoms with Crippen molar-refractivity contribution < 1.29 is 13.2 Å². The molecule has 0 aliphatic heterocycles. The zero-order valence-electron chi connectivity index (χ0n) is 10.7. The zero-order valence-corrected chi connectivity index (χ0v) is 11.6. The van der Waals surface area contributed by atoms with Gasteiger partial charge in [0.2, 0.25) is 0 Å². The Morgan fingerprint density at radius 1 is 1.26 bits per heavy atom. The smallest absolute Gasteiger partial charge is 0.378 e. The molecule has 106 valence electrons. The summed E-state index contributed by atoms with van der Waals surface area (Å²) < 4.78 is 39.0. The van der Waals surface area contributed by atoms with Crippen LogP contribution in [0.3, 0.4) is 0 Å². The van der Waals surface area contributed by atoms with E-state index in [4.69, 9.17) is 18.1 Å². The Labute approximate surface area is 114 Å². The molecule has 4 nitrogen and oxygen atoms in total. The van der Waals surface area contributed by atoms with Crippen LogP contribution in [0.4, 0.5) is 24.5 Å². The fourth-order valence-corrected chi connectivity index (χ4v) is 1.47. The van der Waals surface area contributed by atoms with E-state index in [1.807, 2.05) is 0 Å². The molecule has 0 amide bonds. The SMILES string of the molecule is CN(N)C(=S)Nc1ccc(N(C)C)cc1C(F)(F)F. The molecule has 0 saturated carbocycles. The van der Waals surface area contributed by atoms with Crippen LogP contribution in [-0.2, 0) is 6.18 Å². The van der Waals surface area contributed by atoms with E-state index in [0.717, 1.165) is 11.1 Å². The maximum Gasteiger partial charge on any atom is 0.418 e. The van der Waals surface area contributed by atoms with Gasteiger partial charge in [-0.2, -0.15) is 13.2 Å². The summed E-state index contributed by atoms with van der Waals surface area (Å²) in [5.41, 5.74) is -0.465. The summed E-state index contributed by atoms with van der Waals surface area (Å²) in [6, 6.07) is 3.95. The third kappa shape index (κ3) is 3.97. The lowest BCUT2D eigenvalue weighted by Crippen LogP contribution is -2.37. The standard InChI is InChI=1S/C11H15F3N4S/c1-17(2)7-4-5-9(16-10(19)18(3)15)8(6-7)11(12,13)14/h4-6H,15H2,1-3H3,(H,16,19). The van der Waals surface area contributed by atoms with E-state index in [1.54, 1.807) is 25.1 Å². The first-order valence-electron chi connectivity index (χ1n) is 5.31. The van der Waals surface area contributed by atoms with Crippen LogP contribution in [-0.4, -0.2) is 31.3 Å². The molecule has 1 aromatic carbocycles. The van der Waals surface area contributed by atoms with Crippen molar-refractivity contribution >= 4 is 28.7 Å². The number of thiocarbonyl (C=S) groups is 1. The van der Waals surface area contributed by atoms with E-state index >= 15 is 0 Å². The van der Waals surface area contributed by atoms with Crippen LogP contribution >= 0.6 is 12.2 Å². The van der Waals surface area contributed by atoms with Crippen molar-refractivity contribution in [1.29, 1.82) is 0 Å². The number of alkyl halides is 3. The Morgan fingerprint density at radius 2 is 1.84 bits per heavy atom. The maximum atomic E-state index is 13.0. The van der Waals surface area contributed by atoms with Crippen molar-refractivity contribution in [3.8, 4) is 0 Å². The molecule has 0 aliphatic carbocycles. The molecule has 0 aliphatic rings. The second-order valence-corrected chi connectivity index (χ2v) is 4.55. The van der Waals surface area contributed by atoms with Gasteiger partial charge in [-0.25, -0.2) is 5.84 Å². The number of nitrogens with one attached hydrogen (secondary N) is 1. The van der Waals surface area contributed by atoms with Crippen molar-refractivity contribution in [2.24, 2.45) is 5.84 Å². The number of hydrogen-bond donors (Lipinski definition) is 2. The fourth-order valence-electron chi connectivity index (χ4n) is 1.36. The molecule has 0 heterocycles. The first-order valence-corrected chi connectivity index (χ1v) is 5.71. The predicted molar refractivity (Wildman–Crippen MR) is 73.9 cm³/mol. The van der Waals surface area contributed by atoms with Crippen LogP contribution in [0.15, 0.2) is 18.2 Å². The summed E-state index contributed by atoms with van der Waals surface area (Å²) in [6.07, 6.45) is -4.48. The van der Waals surface area contributed by atoms with E-state index in [0.29, 0.717) is 5.69 Å². The number of anilines is 2. The molecular weight excluding hydrogens is 277 g/mol. The van der Waals surface area contributed by atoms with Gasteiger partial charge in [-0.3, -0.25) is 5.01 Å². The molecule has 0 saturated heterocycles. The topological polar surface area (TPSA) is 44.5 Å². The molecule has 0 bridgehead atoms. The number of hydrogen-bond acceptors (Lipinski definition) is 3. The van der Waals surface area contributed by atoms with Gasteiger partial charge >= 0.3 is 6.18 Å². The molecule has 19 heavy (non-hydrogen) atoms. The lowest BCUT2D eigenvalue weighted by Gasteiger charge is -2.21. The van der Waals surface area contributed by atoms with Gasteiger partial charge < -0.3 is 10.2 Å². The lowest BCUT2D eigenvalue weighted by atomic mass is 10.1. The first kappa shape index (κ1) is 15.5. The van der Waals surface area contributed by atoms with E-state index in [9.17, 15) is 13.2 Å². The Kier molecular flexibility index (Phi) is 4.59. The van der Waals surface area contributed by atoms with Crippen LogP contribution in [0.1, 0.15) is 5.56 Å². The van der Waals surface area contributed by atoms with Crippen LogP contribution in [0.2, 0.25) is 0 Å². The number of nitrogens with zero attached hydrogens (tertiary/aromatic N) is 2. The van der Waals surface area contributed by atoms with E-state index in [-0.39, 0.29) is 10.8 Å². The first-order chi connectivity index (χ1) is 8.62. The molecule has 0 unspecified atom stereocenters. The average Bonchev–Trinajstić information content (AvgIpc) is 2.27. The molecule has 0 fully saturated rings. The van der Waals surface area contributed by atoms with Crippen molar-refractivity contribution in [3.05, 3.63) is 23.8 Å². The number of benzene rings is 1. The van der Waals surface area contributed by atoms with Crippen LogP contribution < -0.4 is 16.1 Å². The van der Waals surface area contributed by atoms with Crippen LogP contribution in [0, 0.1) is 0 Å². The van der Waals surface area contributed by atoms with Gasteiger partial charge in [-0.1, -0.05) is 0 Å². The van der Waals surface area contributed by atoms with Crippen molar-refractivity contribution in [2.45, 2.75) is 6.18 Å². The van der Waals surface area contributed by atoms with Crippen LogP contribution in [0.25, 0.3) is 0 Å².